The van der Waals surface area contributed by atoms with Crippen molar-refractivity contribution in [2.45, 2.75) is 0 Å². The van der Waals surface area contributed by atoms with Crippen molar-refractivity contribution in [2.24, 2.45) is 11.5 Å². The molecule has 0 radical (unpaired) electrons. The van der Waals surface area contributed by atoms with E-state index in [0.717, 1.165) is 5.56 Å². The van der Waals surface area contributed by atoms with E-state index < -0.39 is 0 Å². The second kappa shape index (κ2) is 6.48. The molecule has 0 bridgehead atoms. The van der Waals surface area contributed by atoms with E-state index in [-0.39, 0.29) is 11.7 Å². The zero-order valence-electron chi connectivity index (χ0n) is 13.5. The molecule has 1 aromatic heterocycles. The third-order valence-corrected chi connectivity index (χ3v) is 3.78. The van der Waals surface area contributed by atoms with Gasteiger partial charge in [0.1, 0.15) is 23.1 Å². The molecule has 6 N–H and O–H groups in total. The Labute approximate surface area is 144 Å². The Balaban J connectivity index is 2.01. The van der Waals surface area contributed by atoms with Crippen LogP contribution in [0.25, 0.3) is 22.6 Å². The van der Waals surface area contributed by atoms with Crippen LogP contribution in [-0.2, 0) is 0 Å². The lowest BCUT2D eigenvalue weighted by molar-refractivity contribution is 0.406. The summed E-state index contributed by atoms with van der Waals surface area (Å²) < 4.78 is 10.9. The second-order valence-electron chi connectivity index (χ2n) is 5.37. The van der Waals surface area contributed by atoms with Gasteiger partial charge in [-0.1, -0.05) is 35.5 Å². The molecule has 0 amide bonds. The fourth-order valence-corrected chi connectivity index (χ4v) is 2.52. The highest BCUT2D eigenvalue weighted by Crippen LogP contribution is 2.35. The Morgan fingerprint density at radius 1 is 1.04 bits per heavy atom. The summed E-state index contributed by atoms with van der Waals surface area (Å²) >= 11 is 0. The van der Waals surface area contributed by atoms with E-state index in [1.54, 1.807) is 30.3 Å². The number of methoxy groups -OCH3 is 1. The molecule has 3 rings (SSSR count). The van der Waals surface area contributed by atoms with Crippen LogP contribution >= 0.6 is 0 Å². The lowest BCUT2D eigenvalue weighted by Gasteiger charge is -2.10. The Morgan fingerprint density at radius 3 is 2.36 bits per heavy atom. The number of hydrogen-bond acceptors (Lipinski definition) is 5. The van der Waals surface area contributed by atoms with Gasteiger partial charge in [-0.25, -0.2) is 0 Å². The Hall–Kier alpha value is -3.61. The van der Waals surface area contributed by atoms with Crippen molar-refractivity contribution < 1.29 is 9.26 Å². The molecular weight excluding hydrogens is 318 g/mol. The third kappa shape index (κ3) is 3.07. The summed E-state index contributed by atoms with van der Waals surface area (Å²) in [6.45, 7) is 0. The summed E-state index contributed by atoms with van der Waals surface area (Å²) in [5.41, 5.74) is 14.3. The molecule has 0 spiro atoms. The number of ether oxygens (including phenoxy) is 1. The van der Waals surface area contributed by atoms with Gasteiger partial charge in [0.05, 0.1) is 18.2 Å². The molecule has 2 aromatic carbocycles. The van der Waals surface area contributed by atoms with Crippen LogP contribution in [-0.4, -0.2) is 23.9 Å². The first-order valence-corrected chi connectivity index (χ1v) is 7.44. The number of para-hydroxylation sites is 1. The first kappa shape index (κ1) is 16.3. The van der Waals surface area contributed by atoms with Gasteiger partial charge in [-0.2, -0.15) is 0 Å². The summed E-state index contributed by atoms with van der Waals surface area (Å²) in [6.07, 6.45) is 0. The normalized spacial score (nSPS) is 10.4. The molecule has 0 fully saturated rings. The average Bonchev–Trinajstić information content (AvgIpc) is 3.10. The fourth-order valence-electron chi connectivity index (χ4n) is 2.52. The number of nitrogen functional groups attached to an aromatic ring is 2. The minimum atomic E-state index is -0.0849. The predicted octanol–water partition coefficient (Wildman–Crippen LogP) is 2.59. The van der Waals surface area contributed by atoms with E-state index in [2.05, 4.69) is 5.16 Å². The van der Waals surface area contributed by atoms with Crippen LogP contribution in [0, 0.1) is 10.8 Å². The highest BCUT2D eigenvalue weighted by molar-refractivity contribution is 6.00. The van der Waals surface area contributed by atoms with E-state index in [4.69, 9.17) is 31.5 Å². The number of benzene rings is 2. The van der Waals surface area contributed by atoms with Crippen LogP contribution < -0.4 is 16.2 Å². The maximum absolute atomic E-state index is 7.66. The molecule has 7 nitrogen and oxygen atoms in total. The first-order valence-electron chi connectivity index (χ1n) is 7.44. The first-order chi connectivity index (χ1) is 12.0. The van der Waals surface area contributed by atoms with E-state index in [1.165, 1.54) is 7.11 Å². The Bertz CT molecular complexity index is 944. The molecule has 0 aliphatic carbocycles. The van der Waals surface area contributed by atoms with Crippen molar-refractivity contribution in [3.05, 3.63) is 59.7 Å². The highest BCUT2D eigenvalue weighted by atomic mass is 16.5. The maximum Gasteiger partial charge on any atom is 0.171 e. The van der Waals surface area contributed by atoms with Crippen LogP contribution in [0.15, 0.2) is 53.1 Å². The summed E-state index contributed by atoms with van der Waals surface area (Å²) in [5, 5.41) is 19.2. The standard InChI is InChI=1S/C18H17N5O2/c1-24-16-12(3-2-4-13(16)18(21)22)15-9-14(23-25-15)10-5-7-11(8-6-10)17(19)20/h2-9H,1H3,(H3,19,20)(H3,21,22). The molecule has 0 saturated heterocycles. The molecule has 7 heteroatoms. The van der Waals surface area contributed by atoms with Crippen LogP contribution in [0.4, 0.5) is 0 Å². The molecule has 1 heterocycles. The zero-order chi connectivity index (χ0) is 18.0. The highest BCUT2D eigenvalue weighted by Gasteiger charge is 2.17. The van der Waals surface area contributed by atoms with Crippen molar-refractivity contribution in [3.8, 4) is 28.3 Å². The van der Waals surface area contributed by atoms with Gasteiger partial charge in [-0.3, -0.25) is 10.8 Å². The number of amidine groups is 2. The maximum atomic E-state index is 7.66. The summed E-state index contributed by atoms with van der Waals surface area (Å²) in [7, 11) is 1.52. The van der Waals surface area contributed by atoms with Gasteiger partial charge in [-0.05, 0) is 12.1 Å². The number of rotatable bonds is 5. The molecule has 126 valence electrons. The van der Waals surface area contributed by atoms with Crippen molar-refractivity contribution in [1.82, 2.24) is 5.16 Å². The molecular formula is C18H17N5O2. The molecule has 0 atom stereocenters. The fraction of sp³-hybridized carbons (Fsp3) is 0.0556. The van der Waals surface area contributed by atoms with Crippen molar-refractivity contribution in [1.29, 1.82) is 10.8 Å². The van der Waals surface area contributed by atoms with E-state index in [1.807, 2.05) is 18.2 Å². The molecule has 0 aliphatic heterocycles. The third-order valence-electron chi connectivity index (χ3n) is 3.78. The monoisotopic (exact) mass is 335 g/mol. The van der Waals surface area contributed by atoms with Crippen LogP contribution in [0.5, 0.6) is 5.75 Å². The number of nitrogens with zero attached hydrogens (tertiary/aromatic N) is 1. The zero-order valence-corrected chi connectivity index (χ0v) is 13.5. The minimum Gasteiger partial charge on any atom is -0.495 e. The summed E-state index contributed by atoms with van der Waals surface area (Å²) in [6, 6.07) is 14.2. The van der Waals surface area contributed by atoms with Crippen LogP contribution in [0.3, 0.4) is 0 Å². The van der Waals surface area contributed by atoms with E-state index in [0.29, 0.717) is 33.9 Å². The number of hydrogen-bond donors (Lipinski definition) is 4. The predicted molar refractivity (Wildman–Crippen MR) is 96.0 cm³/mol. The molecule has 3 aromatic rings. The molecule has 25 heavy (non-hydrogen) atoms. The number of nitrogens with one attached hydrogen (secondary N) is 2. The van der Waals surface area contributed by atoms with E-state index >= 15 is 0 Å². The Kier molecular flexibility index (Phi) is 4.21. The van der Waals surface area contributed by atoms with Gasteiger partial charge in [0.25, 0.3) is 0 Å². The van der Waals surface area contributed by atoms with E-state index in [9.17, 15) is 0 Å². The number of nitrogens with two attached hydrogens (primary N) is 2. The van der Waals surface area contributed by atoms with Gasteiger partial charge in [0, 0.05) is 17.2 Å². The largest absolute Gasteiger partial charge is 0.495 e. The molecule has 0 aliphatic rings. The van der Waals surface area contributed by atoms with Gasteiger partial charge < -0.3 is 20.7 Å². The van der Waals surface area contributed by atoms with Crippen LogP contribution in [0.2, 0.25) is 0 Å². The molecule has 0 unspecified atom stereocenters. The average molecular weight is 335 g/mol. The minimum absolute atomic E-state index is 0.0122. The summed E-state index contributed by atoms with van der Waals surface area (Å²) in [5.74, 6) is 0.895. The van der Waals surface area contributed by atoms with Gasteiger partial charge in [0.2, 0.25) is 0 Å². The van der Waals surface area contributed by atoms with Crippen molar-refractivity contribution in [2.75, 3.05) is 7.11 Å². The van der Waals surface area contributed by atoms with Crippen molar-refractivity contribution in [3.63, 3.8) is 0 Å². The lowest BCUT2D eigenvalue weighted by atomic mass is 10.0. The quantitative estimate of drug-likeness (QED) is 0.420. The van der Waals surface area contributed by atoms with Gasteiger partial charge in [0.15, 0.2) is 5.76 Å². The van der Waals surface area contributed by atoms with Crippen LogP contribution in [0.1, 0.15) is 11.1 Å². The Morgan fingerprint density at radius 2 is 1.76 bits per heavy atom. The second-order valence-corrected chi connectivity index (χ2v) is 5.37. The van der Waals surface area contributed by atoms with Gasteiger partial charge >= 0.3 is 0 Å². The number of aromatic nitrogens is 1. The summed E-state index contributed by atoms with van der Waals surface area (Å²) in [4.78, 5) is 0. The SMILES string of the molecule is COc1c(C(=N)N)cccc1-c1cc(-c2ccc(C(=N)N)cc2)no1. The lowest BCUT2D eigenvalue weighted by Crippen LogP contribution is -2.12. The van der Waals surface area contributed by atoms with Crippen molar-refractivity contribution >= 4 is 11.7 Å². The van der Waals surface area contributed by atoms with Gasteiger partial charge in [-0.15, -0.1) is 0 Å². The smallest absolute Gasteiger partial charge is 0.171 e. The topological polar surface area (TPSA) is 135 Å². The molecule has 0 saturated carbocycles.